The summed E-state index contributed by atoms with van der Waals surface area (Å²) in [6.07, 6.45) is 5.45. The van der Waals surface area contributed by atoms with E-state index in [4.69, 9.17) is 0 Å². The van der Waals surface area contributed by atoms with Gasteiger partial charge in [0.25, 0.3) is 0 Å². The van der Waals surface area contributed by atoms with Crippen molar-refractivity contribution in [2.24, 2.45) is 0 Å². The largest absolute Gasteiger partial charge is 0.314 e. The zero-order chi connectivity index (χ0) is 8.97. The van der Waals surface area contributed by atoms with Crippen molar-refractivity contribution >= 4 is 0 Å². The van der Waals surface area contributed by atoms with Crippen LogP contribution in [-0.4, -0.2) is 37.6 Å². The van der Waals surface area contributed by atoms with E-state index < -0.39 is 0 Å². The zero-order valence-corrected chi connectivity index (χ0v) is 8.64. The van der Waals surface area contributed by atoms with E-state index >= 15 is 0 Å². The van der Waals surface area contributed by atoms with Gasteiger partial charge in [-0.25, -0.2) is 0 Å². The van der Waals surface area contributed by atoms with Crippen LogP contribution in [0.25, 0.3) is 0 Å². The molecule has 2 heteroatoms. The van der Waals surface area contributed by atoms with Gasteiger partial charge < -0.3 is 10.2 Å². The molecule has 0 aromatic carbocycles. The summed E-state index contributed by atoms with van der Waals surface area (Å²) in [5.74, 6) is 0. The summed E-state index contributed by atoms with van der Waals surface area (Å²) in [7, 11) is 4.39. The van der Waals surface area contributed by atoms with Crippen molar-refractivity contribution in [2.75, 3.05) is 20.6 Å². The van der Waals surface area contributed by atoms with Gasteiger partial charge in [-0.15, -0.1) is 0 Å². The van der Waals surface area contributed by atoms with Crippen molar-refractivity contribution in [1.29, 1.82) is 0 Å². The summed E-state index contributed by atoms with van der Waals surface area (Å²) in [5, 5.41) is 3.53. The average Bonchev–Trinajstić information content (AvgIpc) is 2.06. The monoisotopic (exact) mass is 172 g/mol. The Morgan fingerprint density at radius 1 is 1.25 bits per heavy atom. The normalized spacial score (nSPS) is 31.0. The number of rotatable bonds is 3. The first-order chi connectivity index (χ1) is 5.74. The molecule has 0 unspecified atom stereocenters. The summed E-state index contributed by atoms with van der Waals surface area (Å²) in [6, 6.07) is 1.63. The highest BCUT2D eigenvalue weighted by molar-refractivity contribution is 4.80. The number of hydrogen-bond acceptors (Lipinski definition) is 2. The van der Waals surface area contributed by atoms with E-state index in [0.29, 0.717) is 0 Å². The average molecular weight is 172 g/mol. The summed E-state index contributed by atoms with van der Waals surface area (Å²) in [4.78, 5) is 2.36. The first kappa shape index (κ1) is 10.0. The minimum Gasteiger partial charge on any atom is -0.314 e. The van der Waals surface area contributed by atoms with Gasteiger partial charge in [0, 0.05) is 13.5 Å². The Morgan fingerprint density at radius 3 is 2.25 bits per heavy atom. The van der Waals surface area contributed by atoms with Crippen molar-refractivity contribution in [1.82, 2.24) is 10.2 Å². The smallest absolute Gasteiger partial charge is 0.00903 e. The van der Waals surface area contributed by atoms with Crippen LogP contribution in [0, 0.1) is 0 Å². The molecule has 0 bridgehead atoms. The highest BCUT2D eigenvalue weighted by Gasteiger charge is 2.21. The molecule has 0 aromatic rings. The highest BCUT2D eigenvalue weighted by atomic mass is 15.1. The van der Waals surface area contributed by atoms with Gasteiger partial charge in [-0.1, -0.05) is 6.92 Å². The summed E-state index contributed by atoms with van der Waals surface area (Å²) in [6.45, 7) is 3.31. The lowest BCUT2D eigenvalue weighted by Crippen LogP contribution is -2.39. The Morgan fingerprint density at radius 2 is 1.83 bits per heavy atom. The fraction of sp³-hybridized carbons (Fsp3) is 1.00. The molecule has 0 aromatic heterocycles. The molecule has 0 spiro atoms. The van der Waals surface area contributed by atoms with Crippen molar-refractivity contribution in [3.8, 4) is 0 Å². The van der Waals surface area contributed by atoms with E-state index in [1.807, 2.05) is 0 Å². The Hall–Kier alpha value is -0.0800. The van der Waals surface area contributed by atoms with Crippen LogP contribution in [0.1, 0.15) is 34.0 Å². The van der Waals surface area contributed by atoms with Gasteiger partial charge >= 0.3 is 0 Å². The lowest BCUT2D eigenvalue weighted by molar-refractivity contribution is 0.205. The number of hydrogen-bond donors (Lipinski definition) is 1. The first-order valence-corrected chi connectivity index (χ1v) is 5.13. The van der Waals surface area contributed by atoms with E-state index in [1.54, 1.807) is 0 Å². The highest BCUT2D eigenvalue weighted by Crippen LogP contribution is 2.21. The maximum Gasteiger partial charge on any atom is 0.00903 e. The van der Waals surface area contributed by atoms with Crippen LogP contribution in [0.15, 0.2) is 0 Å². The van der Waals surface area contributed by atoms with Crippen molar-refractivity contribution in [3.63, 3.8) is 0 Å². The molecule has 1 aliphatic carbocycles. The molecule has 74 valence electrons. The van der Waals surface area contributed by atoms with Gasteiger partial charge in [-0.3, -0.25) is 0 Å². The second-order valence-electron chi connectivity index (χ2n) is 4.03. The fourth-order valence-corrected chi connectivity index (χ4v) is 2.09. The predicted molar refractivity (Wildman–Crippen MR) is 55.5 cm³/mol. The Labute approximate surface area is 77.8 Å². The molecule has 0 radical (unpaired) electrons. The summed E-state index contributed by atoms with van der Waals surface area (Å²) < 4.78 is 0. The van der Waals surface area contributed by atoms with Gasteiger partial charge in [0.1, 0.15) is 0 Å². The zero-order valence-electron chi connectivity index (χ0n) is 8.64. The predicted octanol–water partition coefficient (Wildman–Crippen LogP) is 1.71. The van der Waals surface area contributed by atoms with Crippen molar-refractivity contribution in [3.05, 3.63) is 0 Å². The molecule has 2 nitrogen and oxygen atoms in total. The molecule has 1 rings (SSSR count). The number of nitrogens with zero attached hydrogens (tertiary/aromatic N) is 1. The van der Waals surface area contributed by atoms with Gasteiger partial charge in [-0.2, -0.15) is 0 Å². The topological polar surface area (TPSA) is 15.3 Å². The first-order valence-electron chi connectivity index (χ1n) is 5.13. The molecule has 12 heavy (non-hydrogen) atoms. The lowest BCUT2D eigenvalue weighted by Gasteiger charge is -2.32. The third-order valence-corrected chi connectivity index (χ3v) is 2.92. The standard InChI is InChI=1S/C10H22N2.H2/c1-4-11-9-5-7-10(8-6-9)12(2)3;/h9-11H,4-8H2,1-3H3;1H. The molecule has 0 heterocycles. The van der Waals surface area contributed by atoms with Crippen LogP contribution in [0.5, 0.6) is 0 Å². The summed E-state index contributed by atoms with van der Waals surface area (Å²) in [5.41, 5.74) is 0. The molecule has 1 aliphatic rings. The van der Waals surface area contributed by atoms with E-state index in [2.05, 4.69) is 31.2 Å². The maximum absolute atomic E-state index is 3.53. The fourth-order valence-electron chi connectivity index (χ4n) is 2.09. The van der Waals surface area contributed by atoms with Crippen LogP contribution < -0.4 is 5.32 Å². The van der Waals surface area contributed by atoms with Crippen molar-refractivity contribution in [2.45, 2.75) is 44.7 Å². The van der Waals surface area contributed by atoms with Gasteiger partial charge in [0.2, 0.25) is 0 Å². The quantitative estimate of drug-likeness (QED) is 0.697. The maximum atomic E-state index is 3.53. The molecule has 0 amide bonds. The second kappa shape index (κ2) is 4.83. The van der Waals surface area contributed by atoms with Gasteiger partial charge in [0.05, 0.1) is 0 Å². The third kappa shape index (κ3) is 2.76. The van der Waals surface area contributed by atoms with E-state index in [9.17, 15) is 0 Å². The van der Waals surface area contributed by atoms with Crippen LogP contribution in [0.4, 0.5) is 0 Å². The minimum atomic E-state index is 0. The summed E-state index contributed by atoms with van der Waals surface area (Å²) >= 11 is 0. The van der Waals surface area contributed by atoms with Crippen LogP contribution in [0.2, 0.25) is 0 Å². The van der Waals surface area contributed by atoms with E-state index in [0.717, 1.165) is 18.6 Å². The molecule has 0 atom stereocenters. The third-order valence-electron chi connectivity index (χ3n) is 2.92. The minimum absolute atomic E-state index is 0. The molecule has 1 fully saturated rings. The van der Waals surface area contributed by atoms with E-state index in [-0.39, 0.29) is 1.43 Å². The molecular formula is C10H24N2. The molecular weight excluding hydrogens is 148 g/mol. The molecule has 1 N–H and O–H groups in total. The van der Waals surface area contributed by atoms with Crippen LogP contribution in [-0.2, 0) is 0 Å². The lowest BCUT2D eigenvalue weighted by atomic mass is 9.90. The van der Waals surface area contributed by atoms with Crippen LogP contribution in [0.3, 0.4) is 0 Å². The molecule has 0 aliphatic heterocycles. The van der Waals surface area contributed by atoms with Crippen molar-refractivity contribution < 1.29 is 1.43 Å². The van der Waals surface area contributed by atoms with E-state index in [1.165, 1.54) is 25.7 Å². The SMILES string of the molecule is CCNC1CCC(N(C)C)CC1.[HH]. The number of nitrogens with one attached hydrogen (secondary N) is 1. The molecule has 1 saturated carbocycles. The Balaban J connectivity index is 0.00000144. The second-order valence-corrected chi connectivity index (χ2v) is 4.03. The molecule has 0 saturated heterocycles. The van der Waals surface area contributed by atoms with Crippen LogP contribution >= 0.6 is 0 Å². The van der Waals surface area contributed by atoms with Gasteiger partial charge in [0.15, 0.2) is 0 Å². The van der Waals surface area contributed by atoms with Gasteiger partial charge in [-0.05, 0) is 46.3 Å². The Kier molecular flexibility index (Phi) is 4.02. The Bertz CT molecular complexity index is 120.